The predicted molar refractivity (Wildman–Crippen MR) is 129 cm³/mol. The van der Waals surface area contributed by atoms with Gasteiger partial charge in [-0.15, -0.1) is 0 Å². The molecule has 3 heteroatoms. The third-order valence-electron chi connectivity index (χ3n) is 6.35. The lowest BCUT2D eigenvalue weighted by atomic mass is 10.0. The Morgan fingerprint density at radius 2 is 1.45 bits per heavy atom. The zero-order chi connectivity index (χ0) is 20.9. The molecule has 0 saturated carbocycles. The number of pyridine rings is 1. The number of anilines is 1. The summed E-state index contributed by atoms with van der Waals surface area (Å²) in [5.74, 6) is 1.13. The van der Waals surface area contributed by atoms with Gasteiger partial charge in [0.2, 0.25) is 0 Å². The first-order valence-electron chi connectivity index (χ1n) is 11.3. The molecule has 0 amide bonds. The molecule has 1 saturated heterocycles. The van der Waals surface area contributed by atoms with Crippen molar-refractivity contribution in [2.45, 2.75) is 25.4 Å². The molecular weight excluding hydrogens is 378 g/mol. The molecule has 5 rings (SSSR count). The minimum absolute atomic E-state index is 0.441. The Bertz CT molecular complexity index is 1110. The van der Waals surface area contributed by atoms with Gasteiger partial charge in [-0.25, -0.2) is 4.98 Å². The molecule has 1 fully saturated rings. The third kappa shape index (κ3) is 4.62. The van der Waals surface area contributed by atoms with Crippen molar-refractivity contribution in [3.05, 3.63) is 108 Å². The van der Waals surface area contributed by atoms with E-state index in [1.165, 1.54) is 21.9 Å². The van der Waals surface area contributed by atoms with Crippen LogP contribution in [0.15, 0.2) is 97.2 Å². The van der Waals surface area contributed by atoms with Crippen LogP contribution in [-0.4, -0.2) is 35.6 Å². The Hall–Kier alpha value is -3.17. The molecule has 0 bridgehead atoms. The lowest BCUT2D eigenvalue weighted by Crippen LogP contribution is -2.53. The minimum atomic E-state index is 0.441. The van der Waals surface area contributed by atoms with Crippen molar-refractivity contribution in [1.82, 2.24) is 9.88 Å². The highest BCUT2D eigenvalue weighted by molar-refractivity contribution is 5.92. The van der Waals surface area contributed by atoms with Crippen LogP contribution in [0.5, 0.6) is 0 Å². The van der Waals surface area contributed by atoms with Gasteiger partial charge in [-0.2, -0.15) is 0 Å². The number of hydrogen-bond donors (Lipinski definition) is 0. The average Bonchev–Trinajstić information content (AvgIpc) is 2.84. The van der Waals surface area contributed by atoms with Gasteiger partial charge in [-0.3, -0.25) is 4.90 Å². The summed E-state index contributed by atoms with van der Waals surface area (Å²) >= 11 is 0. The summed E-state index contributed by atoms with van der Waals surface area (Å²) in [5.41, 5.74) is 2.80. The summed E-state index contributed by atoms with van der Waals surface area (Å²) in [7, 11) is 0. The second-order valence-corrected chi connectivity index (χ2v) is 8.45. The second-order valence-electron chi connectivity index (χ2n) is 8.45. The maximum absolute atomic E-state index is 4.85. The van der Waals surface area contributed by atoms with E-state index in [0.717, 1.165) is 44.8 Å². The van der Waals surface area contributed by atoms with Crippen LogP contribution in [0.3, 0.4) is 0 Å². The fraction of sp³-hybridized carbons (Fsp3) is 0.250. The van der Waals surface area contributed by atoms with E-state index in [4.69, 9.17) is 4.98 Å². The molecule has 0 aliphatic carbocycles. The van der Waals surface area contributed by atoms with E-state index < -0.39 is 0 Å². The van der Waals surface area contributed by atoms with E-state index in [9.17, 15) is 0 Å². The summed E-state index contributed by atoms with van der Waals surface area (Å²) in [4.78, 5) is 10.0. The third-order valence-corrected chi connectivity index (χ3v) is 6.35. The van der Waals surface area contributed by atoms with Crippen LogP contribution in [-0.2, 0) is 13.0 Å². The maximum atomic E-state index is 4.85. The summed E-state index contributed by atoms with van der Waals surface area (Å²) in [6.45, 7) is 4.14. The smallest absolute Gasteiger partial charge is 0.136 e. The minimum Gasteiger partial charge on any atom is -0.351 e. The van der Waals surface area contributed by atoms with Gasteiger partial charge in [-0.05, 0) is 35.4 Å². The van der Waals surface area contributed by atoms with E-state index in [0.29, 0.717) is 6.04 Å². The molecule has 1 aliphatic rings. The van der Waals surface area contributed by atoms with Crippen LogP contribution in [0.1, 0.15) is 17.5 Å². The van der Waals surface area contributed by atoms with Gasteiger partial charge in [0.05, 0.1) is 0 Å². The molecule has 1 unspecified atom stereocenters. The fourth-order valence-electron chi connectivity index (χ4n) is 4.74. The Kier molecular flexibility index (Phi) is 5.94. The molecule has 156 valence electrons. The molecule has 0 radical (unpaired) electrons. The number of nitrogens with zero attached hydrogens (tertiary/aromatic N) is 3. The topological polar surface area (TPSA) is 19.4 Å². The van der Waals surface area contributed by atoms with E-state index in [2.05, 4.69) is 101 Å². The lowest BCUT2D eigenvalue weighted by Gasteiger charge is -2.42. The Balaban J connectivity index is 1.40. The zero-order valence-electron chi connectivity index (χ0n) is 17.9. The Morgan fingerprint density at radius 3 is 2.26 bits per heavy atom. The Morgan fingerprint density at radius 1 is 0.742 bits per heavy atom. The summed E-state index contributed by atoms with van der Waals surface area (Å²) < 4.78 is 0. The van der Waals surface area contributed by atoms with Crippen molar-refractivity contribution in [1.29, 1.82) is 0 Å². The van der Waals surface area contributed by atoms with Crippen LogP contribution in [0.25, 0.3) is 10.8 Å². The average molecular weight is 408 g/mol. The number of rotatable bonds is 6. The van der Waals surface area contributed by atoms with E-state index in [-0.39, 0.29) is 0 Å². The summed E-state index contributed by atoms with van der Waals surface area (Å²) in [6, 6.07) is 32.9. The van der Waals surface area contributed by atoms with Gasteiger partial charge in [-0.1, -0.05) is 84.9 Å². The number of benzene rings is 3. The van der Waals surface area contributed by atoms with E-state index in [1.54, 1.807) is 0 Å². The van der Waals surface area contributed by atoms with Gasteiger partial charge in [0.25, 0.3) is 0 Å². The highest BCUT2D eigenvalue weighted by Crippen LogP contribution is 2.29. The van der Waals surface area contributed by atoms with Gasteiger partial charge in [0.15, 0.2) is 0 Å². The number of aryl methyl sites for hydroxylation is 1. The highest BCUT2D eigenvalue weighted by atomic mass is 15.3. The molecular formula is C28H29N3. The van der Waals surface area contributed by atoms with Crippen molar-refractivity contribution < 1.29 is 0 Å². The van der Waals surface area contributed by atoms with Crippen LogP contribution in [0.2, 0.25) is 0 Å². The molecule has 0 N–H and O–H groups in total. The van der Waals surface area contributed by atoms with Gasteiger partial charge < -0.3 is 4.90 Å². The van der Waals surface area contributed by atoms with Crippen molar-refractivity contribution in [3.8, 4) is 0 Å². The molecule has 3 nitrogen and oxygen atoms in total. The van der Waals surface area contributed by atoms with Crippen molar-refractivity contribution in [2.24, 2.45) is 0 Å². The number of fused-ring (bicyclic) bond motifs is 1. The predicted octanol–water partition coefficient (Wildman–Crippen LogP) is 5.56. The highest BCUT2D eigenvalue weighted by Gasteiger charge is 2.28. The quantitative estimate of drug-likeness (QED) is 0.417. The lowest BCUT2D eigenvalue weighted by molar-refractivity contribution is 0.209. The van der Waals surface area contributed by atoms with Gasteiger partial charge >= 0.3 is 0 Å². The molecule has 1 aliphatic heterocycles. The van der Waals surface area contributed by atoms with E-state index in [1.807, 2.05) is 6.20 Å². The first-order chi connectivity index (χ1) is 15.4. The molecule has 4 aromatic rings. The maximum Gasteiger partial charge on any atom is 0.136 e. The number of hydrogen-bond acceptors (Lipinski definition) is 3. The van der Waals surface area contributed by atoms with Crippen LogP contribution >= 0.6 is 0 Å². The summed E-state index contributed by atoms with van der Waals surface area (Å²) in [6.07, 6.45) is 4.18. The van der Waals surface area contributed by atoms with Gasteiger partial charge in [0, 0.05) is 43.8 Å². The Labute approximate surface area is 185 Å². The first kappa shape index (κ1) is 19.8. The second kappa shape index (κ2) is 9.32. The normalized spacial score (nSPS) is 17.2. The number of aromatic nitrogens is 1. The molecule has 1 atom stereocenters. The molecule has 31 heavy (non-hydrogen) atoms. The van der Waals surface area contributed by atoms with E-state index >= 15 is 0 Å². The zero-order valence-corrected chi connectivity index (χ0v) is 17.9. The van der Waals surface area contributed by atoms with Crippen molar-refractivity contribution >= 4 is 16.6 Å². The molecule has 2 heterocycles. The van der Waals surface area contributed by atoms with Gasteiger partial charge in [0.1, 0.15) is 5.82 Å². The monoisotopic (exact) mass is 407 g/mol. The van der Waals surface area contributed by atoms with Crippen LogP contribution in [0.4, 0.5) is 5.82 Å². The molecule has 1 aromatic heterocycles. The van der Waals surface area contributed by atoms with Crippen molar-refractivity contribution in [3.63, 3.8) is 0 Å². The standard InChI is InChI=1S/C28H29N3/c1-3-9-23(10-4-1)15-16-26-22-30(21-24-11-5-2-6-12-24)19-20-31(26)28-27-14-8-7-13-25(27)17-18-29-28/h1-14,17-18,26H,15-16,19-22H2. The molecule has 0 spiro atoms. The SMILES string of the molecule is c1ccc(CCC2CN(Cc3ccccc3)CCN2c2nccc3ccccc23)cc1. The molecule has 3 aromatic carbocycles. The largest absolute Gasteiger partial charge is 0.351 e. The first-order valence-corrected chi connectivity index (χ1v) is 11.3. The number of piperazine rings is 1. The summed E-state index contributed by atoms with van der Waals surface area (Å²) in [5, 5.41) is 2.52. The van der Waals surface area contributed by atoms with Crippen LogP contribution < -0.4 is 4.90 Å². The van der Waals surface area contributed by atoms with Crippen LogP contribution in [0, 0.1) is 0 Å². The van der Waals surface area contributed by atoms with Crippen molar-refractivity contribution in [2.75, 3.05) is 24.5 Å². The fourth-order valence-corrected chi connectivity index (χ4v) is 4.74.